The van der Waals surface area contributed by atoms with Crippen LogP contribution in [0.25, 0.3) is 21.8 Å². The standard InChI is InChI=1S/C21H13ClF3N2O/c22-16-8-2-6-14-18-15(20(26)28)7-3-9-17(18)27(19(14)16)11-12-4-1-5-13(10-12)21(23,24)25/h1-5,7-10H,11H2,(H2,26,28). The monoisotopic (exact) mass is 401 g/mol. The Labute approximate surface area is 163 Å². The molecule has 1 aromatic heterocycles. The number of nitrogens with zero attached hydrogens (tertiary/aromatic N) is 1. The summed E-state index contributed by atoms with van der Waals surface area (Å²) in [7, 11) is 0. The Bertz CT molecular complexity index is 1230. The number of benzene rings is 3. The van der Waals surface area contributed by atoms with Gasteiger partial charge in [-0.15, -0.1) is 0 Å². The van der Waals surface area contributed by atoms with Gasteiger partial charge in [0.25, 0.3) is 0 Å². The lowest BCUT2D eigenvalue weighted by atomic mass is 10.1. The Hall–Kier alpha value is -2.99. The van der Waals surface area contributed by atoms with Gasteiger partial charge in [-0.2, -0.15) is 13.2 Å². The minimum atomic E-state index is -4.43. The van der Waals surface area contributed by atoms with E-state index in [1.165, 1.54) is 6.07 Å². The molecule has 0 aliphatic heterocycles. The molecule has 1 radical (unpaired) electrons. The van der Waals surface area contributed by atoms with Crippen molar-refractivity contribution in [3.8, 4) is 0 Å². The van der Waals surface area contributed by atoms with Crippen molar-refractivity contribution in [2.45, 2.75) is 12.7 Å². The van der Waals surface area contributed by atoms with Crippen LogP contribution in [0.2, 0.25) is 5.02 Å². The number of halogens is 4. The summed E-state index contributed by atoms with van der Waals surface area (Å²) in [5.41, 5.74) is 6.80. The molecule has 0 atom stereocenters. The van der Waals surface area contributed by atoms with Crippen LogP contribution in [0.15, 0.2) is 54.6 Å². The second kappa shape index (κ2) is 6.56. The van der Waals surface area contributed by atoms with Crippen LogP contribution in [0.5, 0.6) is 0 Å². The molecule has 141 valence electrons. The molecule has 0 bridgehead atoms. The van der Waals surface area contributed by atoms with E-state index in [0.29, 0.717) is 38.0 Å². The van der Waals surface area contributed by atoms with E-state index in [0.717, 1.165) is 12.1 Å². The second-order valence-electron chi connectivity index (χ2n) is 6.40. The van der Waals surface area contributed by atoms with Gasteiger partial charge >= 0.3 is 6.18 Å². The number of primary amides is 1. The topological polar surface area (TPSA) is 48.0 Å². The average Bonchev–Trinajstić information content (AvgIpc) is 2.96. The van der Waals surface area contributed by atoms with E-state index in [1.54, 1.807) is 41.0 Å². The lowest BCUT2D eigenvalue weighted by molar-refractivity contribution is -0.137. The second-order valence-corrected chi connectivity index (χ2v) is 6.80. The summed E-state index contributed by atoms with van der Waals surface area (Å²) < 4.78 is 41.0. The van der Waals surface area contributed by atoms with Crippen molar-refractivity contribution < 1.29 is 18.0 Å². The number of hydrogen-bond donors (Lipinski definition) is 1. The Kier molecular flexibility index (Phi) is 4.31. The van der Waals surface area contributed by atoms with Gasteiger partial charge in [-0.3, -0.25) is 4.79 Å². The molecule has 0 saturated carbocycles. The van der Waals surface area contributed by atoms with Gasteiger partial charge in [0.1, 0.15) is 0 Å². The van der Waals surface area contributed by atoms with Crippen LogP contribution in [0.3, 0.4) is 0 Å². The zero-order valence-corrected chi connectivity index (χ0v) is 15.1. The first-order chi connectivity index (χ1) is 13.3. The lowest BCUT2D eigenvalue weighted by Crippen LogP contribution is -2.11. The molecule has 4 aromatic rings. The molecule has 0 fully saturated rings. The summed E-state index contributed by atoms with van der Waals surface area (Å²) in [4.78, 5) is 11.9. The lowest BCUT2D eigenvalue weighted by Gasteiger charge is -2.12. The van der Waals surface area contributed by atoms with E-state index in [9.17, 15) is 18.0 Å². The zero-order chi connectivity index (χ0) is 20.1. The summed E-state index contributed by atoms with van der Waals surface area (Å²) >= 11 is 6.40. The molecule has 3 aromatic carbocycles. The van der Waals surface area contributed by atoms with Crippen LogP contribution in [0.1, 0.15) is 21.5 Å². The molecule has 0 aliphatic rings. The molecule has 1 heterocycles. The molecule has 0 aliphatic carbocycles. The maximum Gasteiger partial charge on any atom is 0.416 e. The van der Waals surface area contributed by atoms with Crippen LogP contribution in [0.4, 0.5) is 13.2 Å². The van der Waals surface area contributed by atoms with E-state index < -0.39 is 17.6 Å². The third-order valence-corrected chi connectivity index (χ3v) is 4.94. The van der Waals surface area contributed by atoms with E-state index in [-0.39, 0.29) is 6.54 Å². The van der Waals surface area contributed by atoms with E-state index >= 15 is 0 Å². The van der Waals surface area contributed by atoms with Crippen LogP contribution >= 0.6 is 11.6 Å². The van der Waals surface area contributed by atoms with Crippen molar-refractivity contribution in [3.05, 3.63) is 82.4 Å². The normalized spacial score (nSPS) is 12.0. The highest BCUT2D eigenvalue weighted by molar-refractivity contribution is 6.36. The number of carbonyl (C=O) groups excluding carboxylic acids is 1. The predicted octanol–water partition coefficient (Wildman–Crippen LogP) is 5.41. The summed E-state index contributed by atoms with van der Waals surface area (Å²) in [6, 6.07) is 16.5. The number of rotatable bonds is 3. The average molecular weight is 402 g/mol. The quantitative estimate of drug-likeness (QED) is 0.490. The van der Waals surface area contributed by atoms with Crippen molar-refractivity contribution in [1.82, 2.24) is 4.57 Å². The highest BCUT2D eigenvalue weighted by Crippen LogP contribution is 2.36. The molecule has 0 saturated heterocycles. The number of amides is 1. The predicted molar refractivity (Wildman–Crippen MR) is 102 cm³/mol. The van der Waals surface area contributed by atoms with E-state index in [2.05, 4.69) is 6.07 Å². The van der Waals surface area contributed by atoms with Gasteiger partial charge in [0.2, 0.25) is 5.91 Å². The third-order valence-electron chi connectivity index (χ3n) is 4.63. The first-order valence-electron chi connectivity index (χ1n) is 8.34. The fourth-order valence-electron chi connectivity index (χ4n) is 3.47. The number of nitrogens with two attached hydrogens (primary N) is 1. The highest BCUT2D eigenvalue weighted by atomic mass is 35.5. The summed E-state index contributed by atoms with van der Waals surface area (Å²) in [6.45, 7) is 0.143. The fourth-order valence-corrected chi connectivity index (χ4v) is 3.73. The van der Waals surface area contributed by atoms with Crippen molar-refractivity contribution in [3.63, 3.8) is 0 Å². The van der Waals surface area contributed by atoms with Crippen molar-refractivity contribution >= 4 is 39.3 Å². The molecule has 7 heteroatoms. The van der Waals surface area contributed by atoms with Crippen LogP contribution in [-0.2, 0) is 12.7 Å². The zero-order valence-electron chi connectivity index (χ0n) is 14.3. The minimum absolute atomic E-state index is 0.143. The van der Waals surface area contributed by atoms with E-state index in [4.69, 9.17) is 17.3 Å². The summed E-state index contributed by atoms with van der Waals surface area (Å²) in [6.07, 6.45) is -4.43. The molecule has 4 rings (SSSR count). The minimum Gasteiger partial charge on any atom is -0.366 e. The fraction of sp³-hybridized carbons (Fsp3) is 0.0952. The molecule has 0 unspecified atom stereocenters. The van der Waals surface area contributed by atoms with Crippen molar-refractivity contribution in [2.75, 3.05) is 0 Å². The summed E-state index contributed by atoms with van der Waals surface area (Å²) in [5, 5.41) is 1.59. The van der Waals surface area contributed by atoms with Crippen LogP contribution in [-0.4, -0.2) is 10.5 Å². The maximum atomic E-state index is 13.1. The maximum absolute atomic E-state index is 13.1. The van der Waals surface area contributed by atoms with Gasteiger partial charge in [0, 0.05) is 22.9 Å². The van der Waals surface area contributed by atoms with Crippen molar-refractivity contribution in [2.24, 2.45) is 5.73 Å². The Morgan fingerprint density at radius 1 is 1.14 bits per heavy atom. The van der Waals surface area contributed by atoms with Crippen LogP contribution < -0.4 is 5.73 Å². The van der Waals surface area contributed by atoms with Gasteiger partial charge in [0.15, 0.2) is 0 Å². The van der Waals surface area contributed by atoms with Gasteiger partial charge in [-0.05, 0) is 42.0 Å². The number of alkyl halides is 3. The van der Waals surface area contributed by atoms with Gasteiger partial charge in [-0.25, -0.2) is 0 Å². The smallest absolute Gasteiger partial charge is 0.366 e. The van der Waals surface area contributed by atoms with Gasteiger partial charge in [0.05, 0.1) is 21.6 Å². The molecular weight excluding hydrogens is 389 g/mol. The molecule has 0 spiro atoms. The van der Waals surface area contributed by atoms with Crippen molar-refractivity contribution in [1.29, 1.82) is 0 Å². The van der Waals surface area contributed by atoms with Gasteiger partial charge in [-0.1, -0.05) is 35.9 Å². The number of hydrogen-bond acceptors (Lipinski definition) is 1. The highest BCUT2D eigenvalue weighted by Gasteiger charge is 2.30. The number of aromatic nitrogens is 1. The van der Waals surface area contributed by atoms with Gasteiger partial charge < -0.3 is 10.3 Å². The first kappa shape index (κ1) is 18.4. The third kappa shape index (κ3) is 2.99. The first-order valence-corrected chi connectivity index (χ1v) is 8.72. The van der Waals surface area contributed by atoms with Crippen LogP contribution in [0, 0.1) is 6.07 Å². The number of fused-ring (bicyclic) bond motifs is 3. The SMILES string of the molecule is NC(=O)c1cccc2c1c1[c]ccc(Cl)c1n2Cc1cccc(C(F)(F)F)c1. The number of carbonyl (C=O) groups is 1. The molecule has 3 nitrogen and oxygen atoms in total. The van der Waals surface area contributed by atoms with E-state index in [1.807, 2.05) is 0 Å². The molecule has 28 heavy (non-hydrogen) atoms. The summed E-state index contributed by atoms with van der Waals surface area (Å²) in [5.74, 6) is -0.600. The largest absolute Gasteiger partial charge is 0.416 e. The molecular formula is C21H13ClF3N2O. The molecule has 2 N–H and O–H groups in total. The molecule has 1 amide bonds. The Morgan fingerprint density at radius 3 is 2.61 bits per heavy atom. The Balaban J connectivity index is 1.99. The Morgan fingerprint density at radius 2 is 1.89 bits per heavy atom.